The molecule has 0 bridgehead atoms. The summed E-state index contributed by atoms with van der Waals surface area (Å²) in [6.07, 6.45) is 3.47. The zero-order valence-corrected chi connectivity index (χ0v) is 12.4. The molecule has 0 aromatic heterocycles. The highest BCUT2D eigenvalue weighted by Gasteiger charge is 2.28. The van der Waals surface area contributed by atoms with Crippen molar-refractivity contribution in [3.63, 3.8) is 0 Å². The van der Waals surface area contributed by atoms with E-state index >= 15 is 0 Å². The molecule has 1 aliphatic rings. The fourth-order valence-electron chi connectivity index (χ4n) is 2.62. The summed E-state index contributed by atoms with van der Waals surface area (Å²) in [6, 6.07) is 0.266. The number of nitrogens with one attached hydrogen (secondary N) is 1. The first-order valence-corrected chi connectivity index (χ1v) is 6.98. The van der Waals surface area contributed by atoms with Crippen molar-refractivity contribution in [1.29, 1.82) is 0 Å². The molecule has 3 atom stereocenters. The van der Waals surface area contributed by atoms with Gasteiger partial charge in [-0.3, -0.25) is 14.5 Å². The summed E-state index contributed by atoms with van der Waals surface area (Å²) in [5.74, 6) is 0.836. The van der Waals surface area contributed by atoms with E-state index in [0.717, 1.165) is 6.42 Å². The molecule has 1 N–H and O–H groups in total. The predicted octanol–water partition coefficient (Wildman–Crippen LogP) is 1.03. The van der Waals surface area contributed by atoms with Crippen molar-refractivity contribution in [2.45, 2.75) is 39.2 Å². The van der Waals surface area contributed by atoms with Crippen LogP contribution in [0, 0.1) is 11.8 Å². The Kier molecular flexibility index (Phi) is 6.28. The minimum absolute atomic E-state index is 0.0163. The van der Waals surface area contributed by atoms with Crippen molar-refractivity contribution in [2.24, 2.45) is 11.8 Å². The van der Waals surface area contributed by atoms with E-state index in [-0.39, 0.29) is 31.0 Å². The molecule has 5 heteroatoms. The zero-order chi connectivity index (χ0) is 14.4. The van der Waals surface area contributed by atoms with Gasteiger partial charge in [0.05, 0.1) is 20.2 Å². The van der Waals surface area contributed by atoms with Crippen LogP contribution in [0.2, 0.25) is 0 Å². The molecule has 0 aromatic rings. The molecule has 0 aromatic carbocycles. The third-order valence-corrected chi connectivity index (χ3v) is 4.09. The van der Waals surface area contributed by atoms with Crippen LogP contribution in [0.15, 0.2) is 0 Å². The number of carbonyl (C=O) groups is 2. The van der Waals surface area contributed by atoms with E-state index in [4.69, 9.17) is 0 Å². The molecule has 0 aliphatic heterocycles. The van der Waals surface area contributed by atoms with Gasteiger partial charge in [0, 0.05) is 6.04 Å². The number of nitrogens with zero attached hydrogens (tertiary/aromatic N) is 1. The van der Waals surface area contributed by atoms with Gasteiger partial charge >= 0.3 is 5.97 Å². The van der Waals surface area contributed by atoms with Gasteiger partial charge in [0.1, 0.15) is 0 Å². The summed E-state index contributed by atoms with van der Waals surface area (Å²) in [7, 11) is 3.09. The summed E-state index contributed by atoms with van der Waals surface area (Å²) in [6.45, 7) is 4.81. The second kappa shape index (κ2) is 7.48. The van der Waals surface area contributed by atoms with Crippen LogP contribution in [0.3, 0.4) is 0 Å². The maximum absolute atomic E-state index is 11.9. The first-order chi connectivity index (χ1) is 8.93. The molecule has 1 aliphatic carbocycles. The molecule has 5 nitrogen and oxygen atoms in total. The van der Waals surface area contributed by atoms with Gasteiger partial charge in [-0.05, 0) is 25.3 Å². The van der Waals surface area contributed by atoms with Crippen molar-refractivity contribution in [1.82, 2.24) is 10.2 Å². The second-order valence-corrected chi connectivity index (χ2v) is 5.69. The lowest BCUT2D eigenvalue weighted by atomic mass is 9.78. The van der Waals surface area contributed by atoms with Gasteiger partial charge in [0.25, 0.3) is 0 Å². The summed E-state index contributed by atoms with van der Waals surface area (Å²) in [5, 5.41) is 3.09. The van der Waals surface area contributed by atoms with Gasteiger partial charge in [-0.25, -0.2) is 0 Å². The number of methoxy groups -OCH3 is 1. The minimum atomic E-state index is -0.324. The van der Waals surface area contributed by atoms with Crippen LogP contribution in [0.4, 0.5) is 0 Å². The van der Waals surface area contributed by atoms with E-state index in [1.165, 1.54) is 20.0 Å². The van der Waals surface area contributed by atoms with Crippen LogP contribution >= 0.6 is 0 Å². The summed E-state index contributed by atoms with van der Waals surface area (Å²) < 4.78 is 4.57. The number of likely N-dealkylation sites (N-methyl/N-ethyl adjacent to an activating group) is 1. The Morgan fingerprint density at radius 3 is 2.58 bits per heavy atom. The smallest absolute Gasteiger partial charge is 0.319 e. The van der Waals surface area contributed by atoms with Gasteiger partial charge in [0.2, 0.25) is 5.91 Å². The monoisotopic (exact) mass is 270 g/mol. The summed E-state index contributed by atoms with van der Waals surface area (Å²) in [4.78, 5) is 24.7. The highest BCUT2D eigenvalue weighted by molar-refractivity contribution is 5.79. The molecule has 0 spiro atoms. The average molecular weight is 270 g/mol. The van der Waals surface area contributed by atoms with Gasteiger partial charge in [-0.1, -0.05) is 26.7 Å². The number of ether oxygens (including phenoxy) is 1. The van der Waals surface area contributed by atoms with Crippen LogP contribution < -0.4 is 5.32 Å². The molecule has 1 amide bonds. The normalized spacial score (nSPS) is 27.1. The van der Waals surface area contributed by atoms with Gasteiger partial charge in [0.15, 0.2) is 0 Å². The lowest BCUT2D eigenvalue weighted by molar-refractivity contribution is -0.141. The van der Waals surface area contributed by atoms with Crippen molar-refractivity contribution in [2.75, 3.05) is 27.2 Å². The van der Waals surface area contributed by atoms with E-state index in [9.17, 15) is 9.59 Å². The third kappa shape index (κ3) is 5.19. The SMILES string of the molecule is COC(=O)CN(C)CC(=O)NC1CCCC(C)C1C. The van der Waals surface area contributed by atoms with Crippen LogP contribution in [-0.4, -0.2) is 50.1 Å². The van der Waals surface area contributed by atoms with Crippen molar-refractivity contribution in [3.05, 3.63) is 0 Å². The lowest BCUT2D eigenvalue weighted by Gasteiger charge is -2.34. The molecule has 3 unspecified atom stereocenters. The first-order valence-electron chi connectivity index (χ1n) is 6.98. The van der Waals surface area contributed by atoms with Crippen LogP contribution in [0.5, 0.6) is 0 Å². The van der Waals surface area contributed by atoms with Crippen LogP contribution in [0.1, 0.15) is 33.1 Å². The Morgan fingerprint density at radius 1 is 1.26 bits per heavy atom. The van der Waals surface area contributed by atoms with Crippen LogP contribution in [0.25, 0.3) is 0 Å². The number of esters is 1. The molecule has 1 saturated carbocycles. The molecular weight excluding hydrogens is 244 g/mol. The summed E-state index contributed by atoms with van der Waals surface area (Å²) in [5.41, 5.74) is 0. The number of hydrogen-bond acceptors (Lipinski definition) is 4. The number of hydrogen-bond donors (Lipinski definition) is 1. The number of carbonyl (C=O) groups excluding carboxylic acids is 2. The van der Waals surface area contributed by atoms with Crippen molar-refractivity contribution < 1.29 is 14.3 Å². The maximum Gasteiger partial charge on any atom is 0.319 e. The first kappa shape index (κ1) is 16.0. The number of rotatable bonds is 5. The van der Waals surface area contributed by atoms with Gasteiger partial charge in [-0.2, -0.15) is 0 Å². The molecule has 0 saturated heterocycles. The standard InChI is InChI=1S/C14H26N2O3/c1-10-6-5-7-12(11(10)2)15-13(17)8-16(3)9-14(18)19-4/h10-12H,5-9H2,1-4H3,(H,15,17). The minimum Gasteiger partial charge on any atom is -0.468 e. The van der Waals surface area contributed by atoms with Crippen molar-refractivity contribution >= 4 is 11.9 Å². The Hall–Kier alpha value is -1.10. The zero-order valence-electron chi connectivity index (χ0n) is 12.4. The Balaban J connectivity index is 2.36. The quantitative estimate of drug-likeness (QED) is 0.758. The highest BCUT2D eigenvalue weighted by atomic mass is 16.5. The van der Waals surface area contributed by atoms with E-state index in [0.29, 0.717) is 11.8 Å². The Labute approximate surface area is 115 Å². The number of amides is 1. The van der Waals surface area contributed by atoms with E-state index in [1.54, 1.807) is 11.9 Å². The van der Waals surface area contributed by atoms with Crippen molar-refractivity contribution in [3.8, 4) is 0 Å². The maximum atomic E-state index is 11.9. The molecule has 1 rings (SSSR count). The second-order valence-electron chi connectivity index (χ2n) is 5.69. The molecule has 1 fully saturated rings. The highest BCUT2D eigenvalue weighted by Crippen LogP contribution is 2.29. The topological polar surface area (TPSA) is 58.6 Å². The predicted molar refractivity (Wildman–Crippen MR) is 73.6 cm³/mol. The fraction of sp³-hybridized carbons (Fsp3) is 0.857. The lowest BCUT2D eigenvalue weighted by Crippen LogP contribution is -2.47. The van der Waals surface area contributed by atoms with E-state index < -0.39 is 0 Å². The van der Waals surface area contributed by atoms with Gasteiger partial charge in [-0.15, -0.1) is 0 Å². The Bertz CT molecular complexity index is 320. The molecule has 110 valence electrons. The molecular formula is C14H26N2O3. The van der Waals surface area contributed by atoms with E-state index in [1.807, 2.05) is 0 Å². The largest absolute Gasteiger partial charge is 0.468 e. The fourth-order valence-corrected chi connectivity index (χ4v) is 2.62. The summed E-state index contributed by atoms with van der Waals surface area (Å²) >= 11 is 0. The molecule has 0 heterocycles. The average Bonchev–Trinajstić information content (AvgIpc) is 2.34. The third-order valence-electron chi connectivity index (χ3n) is 4.09. The molecule has 0 radical (unpaired) electrons. The van der Waals surface area contributed by atoms with Crippen LogP contribution in [-0.2, 0) is 14.3 Å². The Morgan fingerprint density at radius 2 is 1.95 bits per heavy atom. The van der Waals surface area contributed by atoms with E-state index in [2.05, 4.69) is 23.9 Å². The van der Waals surface area contributed by atoms with Gasteiger partial charge < -0.3 is 10.1 Å². The molecule has 19 heavy (non-hydrogen) atoms.